The lowest BCUT2D eigenvalue weighted by molar-refractivity contribution is 1.05. The van der Waals surface area contributed by atoms with Crippen LogP contribution >= 0.6 is 11.8 Å². The molecule has 0 amide bonds. The highest BCUT2D eigenvalue weighted by Gasteiger charge is 2.06. The minimum Gasteiger partial charge on any atom is -0.398 e. The van der Waals surface area contributed by atoms with E-state index >= 15 is 0 Å². The van der Waals surface area contributed by atoms with E-state index in [0.29, 0.717) is 0 Å². The second-order valence-electron chi connectivity index (χ2n) is 5.13. The molecule has 0 aliphatic rings. The maximum atomic E-state index is 6.01. The van der Waals surface area contributed by atoms with Gasteiger partial charge in [0.05, 0.1) is 10.5 Å². The van der Waals surface area contributed by atoms with Gasteiger partial charge in [0, 0.05) is 28.7 Å². The predicted molar refractivity (Wildman–Crippen MR) is 89.4 cm³/mol. The number of nitrogens with zero attached hydrogens (tertiary/aromatic N) is 2. The molecule has 106 valence electrons. The Kier molecular flexibility index (Phi) is 3.80. The normalized spacial score (nSPS) is 11.0. The number of nitrogens with two attached hydrogens (primary N) is 1. The monoisotopic (exact) mass is 295 g/mol. The van der Waals surface area contributed by atoms with E-state index in [0.717, 1.165) is 33.1 Å². The van der Waals surface area contributed by atoms with Crippen molar-refractivity contribution in [3.8, 4) is 0 Å². The summed E-state index contributed by atoms with van der Waals surface area (Å²) >= 11 is 1.73. The first-order valence-corrected chi connectivity index (χ1v) is 7.82. The molecule has 2 aromatic heterocycles. The van der Waals surface area contributed by atoms with Gasteiger partial charge in [0.15, 0.2) is 0 Å². The number of pyridine rings is 2. The van der Waals surface area contributed by atoms with E-state index in [-0.39, 0.29) is 0 Å². The third kappa shape index (κ3) is 3.00. The molecule has 4 heteroatoms. The van der Waals surface area contributed by atoms with Gasteiger partial charge in [0.2, 0.25) is 0 Å². The van der Waals surface area contributed by atoms with E-state index in [1.165, 1.54) is 11.1 Å². The van der Waals surface area contributed by atoms with E-state index in [1.54, 1.807) is 11.8 Å². The van der Waals surface area contributed by atoms with E-state index < -0.39 is 0 Å². The van der Waals surface area contributed by atoms with Gasteiger partial charge >= 0.3 is 0 Å². The molecule has 0 atom stereocenters. The highest BCUT2D eigenvalue weighted by Crippen LogP contribution is 2.28. The van der Waals surface area contributed by atoms with Gasteiger partial charge < -0.3 is 5.73 Å². The van der Waals surface area contributed by atoms with E-state index in [1.807, 2.05) is 31.3 Å². The second kappa shape index (κ2) is 5.74. The number of benzene rings is 1. The quantitative estimate of drug-likeness (QED) is 0.583. The summed E-state index contributed by atoms with van der Waals surface area (Å²) in [5, 5.41) is 2.07. The molecule has 0 radical (unpaired) electrons. The number of rotatable bonds is 3. The molecule has 0 unspecified atom stereocenters. The van der Waals surface area contributed by atoms with Crippen LogP contribution in [0.15, 0.2) is 47.6 Å². The molecule has 3 rings (SSSR count). The number of anilines is 1. The third-order valence-corrected chi connectivity index (χ3v) is 4.30. The Morgan fingerprint density at radius 1 is 1.14 bits per heavy atom. The minimum absolute atomic E-state index is 0.774. The molecule has 0 aliphatic heterocycles. The zero-order chi connectivity index (χ0) is 14.8. The summed E-state index contributed by atoms with van der Waals surface area (Å²) in [7, 11) is 0. The Labute approximate surface area is 128 Å². The summed E-state index contributed by atoms with van der Waals surface area (Å²) in [4.78, 5) is 9.04. The highest BCUT2D eigenvalue weighted by atomic mass is 32.2. The van der Waals surface area contributed by atoms with Crippen molar-refractivity contribution in [1.29, 1.82) is 0 Å². The van der Waals surface area contributed by atoms with Crippen molar-refractivity contribution in [2.45, 2.75) is 24.6 Å². The van der Waals surface area contributed by atoms with Gasteiger partial charge in [0.25, 0.3) is 0 Å². The number of aryl methyl sites for hydroxylation is 2. The fraction of sp³-hybridized carbons (Fsp3) is 0.176. The Morgan fingerprint density at radius 3 is 2.81 bits per heavy atom. The average Bonchev–Trinajstić information content (AvgIpc) is 2.46. The van der Waals surface area contributed by atoms with Crippen LogP contribution in [0.1, 0.15) is 16.8 Å². The number of aromatic nitrogens is 2. The Bertz CT molecular complexity index is 779. The van der Waals surface area contributed by atoms with Crippen LogP contribution < -0.4 is 5.73 Å². The summed E-state index contributed by atoms with van der Waals surface area (Å²) in [5.41, 5.74) is 11.2. The SMILES string of the molecule is Cc1cc(C)nc(SCc2ccc(N)c3cccnc23)c1. The molecule has 0 spiro atoms. The molecule has 0 saturated carbocycles. The first-order valence-electron chi connectivity index (χ1n) is 6.83. The highest BCUT2D eigenvalue weighted by molar-refractivity contribution is 7.98. The van der Waals surface area contributed by atoms with E-state index in [9.17, 15) is 0 Å². The minimum atomic E-state index is 0.774. The summed E-state index contributed by atoms with van der Waals surface area (Å²) < 4.78 is 0. The topological polar surface area (TPSA) is 51.8 Å². The van der Waals surface area contributed by atoms with Crippen LogP contribution in [0.25, 0.3) is 10.9 Å². The van der Waals surface area contributed by atoms with Crippen LogP contribution in [0.4, 0.5) is 5.69 Å². The zero-order valence-corrected chi connectivity index (χ0v) is 12.9. The molecule has 1 aromatic carbocycles. The summed E-state index contributed by atoms with van der Waals surface area (Å²) in [6.45, 7) is 4.12. The molecule has 2 N–H and O–H groups in total. The van der Waals surface area contributed by atoms with Crippen LogP contribution in [0.3, 0.4) is 0 Å². The largest absolute Gasteiger partial charge is 0.398 e. The number of hydrogen-bond donors (Lipinski definition) is 1. The first kappa shape index (κ1) is 13.9. The van der Waals surface area contributed by atoms with Gasteiger partial charge in [-0.25, -0.2) is 4.98 Å². The fourth-order valence-electron chi connectivity index (χ4n) is 2.40. The van der Waals surface area contributed by atoms with Gasteiger partial charge in [-0.1, -0.05) is 6.07 Å². The van der Waals surface area contributed by atoms with Gasteiger partial charge in [-0.3, -0.25) is 4.98 Å². The lowest BCUT2D eigenvalue weighted by Gasteiger charge is -2.08. The van der Waals surface area contributed by atoms with Gasteiger partial charge in [-0.05, 0) is 55.3 Å². The van der Waals surface area contributed by atoms with Crippen molar-refractivity contribution in [2.75, 3.05) is 5.73 Å². The first-order chi connectivity index (χ1) is 10.1. The number of fused-ring (bicyclic) bond motifs is 1. The van der Waals surface area contributed by atoms with Crippen molar-refractivity contribution in [2.24, 2.45) is 0 Å². The summed E-state index contributed by atoms with van der Waals surface area (Å²) in [5.74, 6) is 0.837. The van der Waals surface area contributed by atoms with Crippen LogP contribution in [0.5, 0.6) is 0 Å². The smallest absolute Gasteiger partial charge is 0.0968 e. The molecule has 0 saturated heterocycles. The zero-order valence-electron chi connectivity index (χ0n) is 12.1. The van der Waals surface area contributed by atoms with Crippen LogP contribution in [0.2, 0.25) is 0 Å². The summed E-state index contributed by atoms with van der Waals surface area (Å²) in [6, 6.07) is 12.1. The van der Waals surface area contributed by atoms with E-state index in [2.05, 4.69) is 35.1 Å². The van der Waals surface area contributed by atoms with Crippen LogP contribution in [-0.4, -0.2) is 9.97 Å². The van der Waals surface area contributed by atoms with Crippen molar-refractivity contribution in [1.82, 2.24) is 9.97 Å². The average molecular weight is 295 g/mol. The molecule has 21 heavy (non-hydrogen) atoms. The molecule has 3 nitrogen and oxygen atoms in total. The van der Waals surface area contributed by atoms with E-state index in [4.69, 9.17) is 5.73 Å². The van der Waals surface area contributed by atoms with Crippen LogP contribution in [-0.2, 0) is 5.75 Å². The van der Waals surface area contributed by atoms with Gasteiger partial charge in [0.1, 0.15) is 0 Å². The van der Waals surface area contributed by atoms with Crippen molar-refractivity contribution < 1.29 is 0 Å². The standard InChI is InChI=1S/C17H17N3S/c1-11-8-12(2)20-16(9-11)21-10-13-5-6-15(18)14-4-3-7-19-17(13)14/h3-9H,10,18H2,1-2H3. The van der Waals surface area contributed by atoms with Gasteiger partial charge in [-0.2, -0.15) is 0 Å². The molecule has 0 fully saturated rings. The second-order valence-corrected chi connectivity index (χ2v) is 6.12. The Hall–Kier alpha value is -2.07. The molecule has 3 aromatic rings. The fourth-order valence-corrected chi connectivity index (χ4v) is 3.41. The van der Waals surface area contributed by atoms with Crippen LogP contribution in [0, 0.1) is 13.8 Å². The Morgan fingerprint density at radius 2 is 2.00 bits per heavy atom. The predicted octanol–water partition coefficient (Wildman–Crippen LogP) is 4.12. The van der Waals surface area contributed by atoms with Crippen molar-refractivity contribution >= 4 is 28.4 Å². The molecular formula is C17H17N3S. The Balaban J connectivity index is 1.90. The maximum absolute atomic E-state index is 6.01. The number of thioether (sulfide) groups is 1. The molecular weight excluding hydrogens is 278 g/mol. The molecule has 0 bridgehead atoms. The van der Waals surface area contributed by atoms with Gasteiger partial charge in [-0.15, -0.1) is 11.8 Å². The van der Waals surface area contributed by atoms with Crippen molar-refractivity contribution in [3.05, 3.63) is 59.4 Å². The molecule has 0 aliphatic carbocycles. The molecule has 2 heterocycles. The third-order valence-electron chi connectivity index (χ3n) is 3.34. The van der Waals surface area contributed by atoms with Crippen molar-refractivity contribution in [3.63, 3.8) is 0 Å². The number of nitrogen functional groups attached to an aromatic ring is 1. The lowest BCUT2D eigenvalue weighted by atomic mass is 10.1. The lowest BCUT2D eigenvalue weighted by Crippen LogP contribution is -1.93. The summed E-state index contributed by atoms with van der Waals surface area (Å²) in [6.07, 6.45) is 1.81. The number of hydrogen-bond acceptors (Lipinski definition) is 4. The maximum Gasteiger partial charge on any atom is 0.0968 e.